The molecule has 2 aromatic rings. The van der Waals surface area contributed by atoms with E-state index >= 15 is 0 Å². The molecule has 8 heteroatoms. The summed E-state index contributed by atoms with van der Waals surface area (Å²) in [5.41, 5.74) is 1.70. The number of carbonyl (C=O) groups excluding carboxylic acids is 1. The van der Waals surface area contributed by atoms with Crippen LogP contribution >= 0.6 is 0 Å². The quantitative estimate of drug-likeness (QED) is 0.711. The fourth-order valence-corrected chi connectivity index (χ4v) is 2.02. The van der Waals surface area contributed by atoms with E-state index in [0.29, 0.717) is 23.6 Å². The molecule has 8 nitrogen and oxygen atoms in total. The predicted molar refractivity (Wildman–Crippen MR) is 73.8 cm³/mol. The molecule has 0 saturated carbocycles. The van der Waals surface area contributed by atoms with Gasteiger partial charge in [-0.2, -0.15) is 5.10 Å². The number of hydrogen-bond acceptors (Lipinski definition) is 4. The Balaban J connectivity index is 2.12. The van der Waals surface area contributed by atoms with Crippen LogP contribution in [0, 0.1) is 6.92 Å². The van der Waals surface area contributed by atoms with Crippen molar-refractivity contribution >= 4 is 11.9 Å². The number of carboxylic acids is 1. The van der Waals surface area contributed by atoms with Crippen molar-refractivity contribution in [2.75, 3.05) is 0 Å². The third-order valence-corrected chi connectivity index (χ3v) is 3.02. The van der Waals surface area contributed by atoms with E-state index in [1.807, 2.05) is 6.92 Å². The summed E-state index contributed by atoms with van der Waals surface area (Å²) in [6.45, 7) is 4.18. The van der Waals surface area contributed by atoms with Gasteiger partial charge in [0.05, 0.1) is 12.0 Å². The van der Waals surface area contributed by atoms with Crippen LogP contribution in [0.4, 0.5) is 0 Å². The number of aliphatic carboxylic acids is 1. The molecule has 1 amide bonds. The Morgan fingerprint density at radius 3 is 2.86 bits per heavy atom. The summed E-state index contributed by atoms with van der Waals surface area (Å²) in [6.07, 6.45) is 3.13. The van der Waals surface area contributed by atoms with Crippen LogP contribution in [0.5, 0.6) is 0 Å². The van der Waals surface area contributed by atoms with E-state index < -0.39 is 17.9 Å². The normalized spacial score (nSPS) is 12.1. The minimum atomic E-state index is -1.10. The van der Waals surface area contributed by atoms with E-state index in [0.717, 1.165) is 0 Å². The minimum Gasteiger partial charge on any atom is -0.480 e. The monoisotopic (exact) mass is 291 g/mol. The molecule has 0 aliphatic heterocycles. The highest BCUT2D eigenvalue weighted by Crippen LogP contribution is 2.06. The van der Waals surface area contributed by atoms with Crippen LogP contribution in [0.25, 0.3) is 0 Å². The van der Waals surface area contributed by atoms with Crippen molar-refractivity contribution in [3.8, 4) is 0 Å². The van der Waals surface area contributed by atoms with Gasteiger partial charge in [0, 0.05) is 24.9 Å². The number of aromatic amines is 1. The standard InChI is InChI=1S/C13H17N5O3/c1-3-18-11(4-8(2)17-18)12(19)16-10(13(20)21)5-9-6-14-7-15-9/h4,6-7,10H,3,5H2,1-2H3,(H,14,15)(H,16,19)(H,20,21)/t10-/m0/s1. The van der Waals surface area contributed by atoms with Crippen molar-refractivity contribution in [2.45, 2.75) is 32.9 Å². The van der Waals surface area contributed by atoms with Gasteiger partial charge in [-0.3, -0.25) is 9.48 Å². The second-order valence-corrected chi connectivity index (χ2v) is 4.63. The molecule has 2 aromatic heterocycles. The summed E-state index contributed by atoms with van der Waals surface area (Å²) in [6, 6.07) is 0.604. The second-order valence-electron chi connectivity index (χ2n) is 4.63. The maximum absolute atomic E-state index is 12.2. The lowest BCUT2D eigenvalue weighted by Crippen LogP contribution is -2.43. The SMILES string of the molecule is CCn1nc(C)cc1C(=O)N[C@@H](Cc1cnc[nH]1)C(=O)O. The van der Waals surface area contributed by atoms with Crippen molar-refractivity contribution in [1.29, 1.82) is 0 Å². The van der Waals surface area contributed by atoms with E-state index in [1.165, 1.54) is 12.5 Å². The molecule has 0 saturated heterocycles. The van der Waals surface area contributed by atoms with Gasteiger partial charge in [-0.05, 0) is 19.9 Å². The number of carboxylic acid groups (broad SMARTS) is 1. The molecule has 0 radical (unpaired) electrons. The van der Waals surface area contributed by atoms with Crippen LogP contribution < -0.4 is 5.32 Å². The second kappa shape index (κ2) is 6.21. The molecular formula is C13H17N5O3. The first-order valence-corrected chi connectivity index (χ1v) is 6.56. The molecule has 0 spiro atoms. The third kappa shape index (κ3) is 3.47. The van der Waals surface area contributed by atoms with Gasteiger partial charge in [0.1, 0.15) is 11.7 Å². The predicted octanol–water partition coefficient (Wildman–Crippen LogP) is 0.360. The molecule has 0 aliphatic rings. The Hall–Kier alpha value is -2.64. The molecule has 2 rings (SSSR count). The number of nitrogens with one attached hydrogen (secondary N) is 2. The van der Waals surface area contributed by atoms with Crippen molar-refractivity contribution in [2.24, 2.45) is 0 Å². The van der Waals surface area contributed by atoms with E-state index in [-0.39, 0.29) is 6.42 Å². The van der Waals surface area contributed by atoms with E-state index in [2.05, 4.69) is 20.4 Å². The van der Waals surface area contributed by atoms with Crippen molar-refractivity contribution in [3.63, 3.8) is 0 Å². The van der Waals surface area contributed by atoms with Gasteiger partial charge in [0.25, 0.3) is 5.91 Å². The van der Waals surface area contributed by atoms with Gasteiger partial charge in [-0.1, -0.05) is 0 Å². The number of amides is 1. The van der Waals surface area contributed by atoms with Gasteiger partial charge in [0.2, 0.25) is 0 Å². The summed E-state index contributed by atoms with van der Waals surface area (Å²) in [7, 11) is 0. The highest BCUT2D eigenvalue weighted by molar-refractivity contribution is 5.95. The molecule has 0 aromatic carbocycles. The molecule has 0 fully saturated rings. The van der Waals surface area contributed by atoms with Crippen LogP contribution in [0.2, 0.25) is 0 Å². The molecule has 1 atom stereocenters. The van der Waals surface area contributed by atoms with E-state index in [1.54, 1.807) is 17.7 Å². The minimum absolute atomic E-state index is 0.139. The van der Waals surface area contributed by atoms with Crippen LogP contribution in [0.15, 0.2) is 18.6 Å². The topological polar surface area (TPSA) is 113 Å². The molecular weight excluding hydrogens is 274 g/mol. The van der Waals surface area contributed by atoms with Crippen molar-refractivity contribution < 1.29 is 14.7 Å². The van der Waals surface area contributed by atoms with E-state index in [9.17, 15) is 14.7 Å². The first-order valence-electron chi connectivity index (χ1n) is 6.56. The largest absolute Gasteiger partial charge is 0.480 e. The van der Waals surface area contributed by atoms with Crippen LogP contribution in [-0.2, 0) is 17.8 Å². The fraction of sp³-hybridized carbons (Fsp3) is 0.385. The average molecular weight is 291 g/mol. The summed E-state index contributed by atoms with van der Waals surface area (Å²) in [5, 5.41) is 15.9. The van der Waals surface area contributed by atoms with Crippen LogP contribution in [-0.4, -0.2) is 42.8 Å². The van der Waals surface area contributed by atoms with Gasteiger partial charge in [-0.15, -0.1) is 0 Å². The molecule has 112 valence electrons. The Labute approximate surface area is 121 Å². The number of imidazole rings is 1. The number of H-pyrrole nitrogens is 1. The van der Waals surface area contributed by atoms with Crippen molar-refractivity contribution in [3.05, 3.63) is 35.7 Å². The number of rotatable bonds is 6. The fourth-order valence-electron chi connectivity index (χ4n) is 2.02. The first kappa shape index (κ1) is 14.8. The Kier molecular flexibility index (Phi) is 4.36. The number of aryl methyl sites for hydroxylation is 2. The maximum atomic E-state index is 12.2. The summed E-state index contributed by atoms with van der Waals surface area (Å²) in [4.78, 5) is 30.1. The zero-order chi connectivity index (χ0) is 15.4. The lowest BCUT2D eigenvalue weighted by atomic mass is 10.1. The van der Waals surface area contributed by atoms with Gasteiger partial charge < -0.3 is 15.4 Å². The lowest BCUT2D eigenvalue weighted by molar-refractivity contribution is -0.139. The first-order chi connectivity index (χ1) is 10.0. The molecule has 3 N–H and O–H groups in total. The van der Waals surface area contributed by atoms with Gasteiger partial charge in [-0.25, -0.2) is 9.78 Å². The zero-order valence-electron chi connectivity index (χ0n) is 11.8. The smallest absolute Gasteiger partial charge is 0.326 e. The lowest BCUT2D eigenvalue weighted by Gasteiger charge is -2.14. The van der Waals surface area contributed by atoms with E-state index in [4.69, 9.17) is 0 Å². The van der Waals surface area contributed by atoms with Gasteiger partial charge in [0.15, 0.2) is 0 Å². The molecule has 0 aliphatic carbocycles. The number of carbonyl (C=O) groups is 2. The number of nitrogens with zero attached hydrogens (tertiary/aromatic N) is 3. The maximum Gasteiger partial charge on any atom is 0.326 e. The number of aromatic nitrogens is 4. The molecule has 0 unspecified atom stereocenters. The molecule has 2 heterocycles. The van der Waals surface area contributed by atoms with Crippen LogP contribution in [0.1, 0.15) is 28.8 Å². The Morgan fingerprint density at radius 1 is 1.52 bits per heavy atom. The van der Waals surface area contributed by atoms with Crippen molar-refractivity contribution in [1.82, 2.24) is 25.1 Å². The summed E-state index contributed by atoms with van der Waals surface area (Å²) >= 11 is 0. The highest BCUT2D eigenvalue weighted by atomic mass is 16.4. The Morgan fingerprint density at radius 2 is 2.29 bits per heavy atom. The summed E-state index contributed by atoms with van der Waals surface area (Å²) < 4.78 is 1.54. The molecule has 0 bridgehead atoms. The average Bonchev–Trinajstić information content (AvgIpc) is 3.06. The third-order valence-electron chi connectivity index (χ3n) is 3.02. The van der Waals surface area contributed by atoms with Crippen LogP contribution in [0.3, 0.4) is 0 Å². The Bertz CT molecular complexity index is 632. The molecule has 21 heavy (non-hydrogen) atoms. The summed E-state index contributed by atoms with van der Waals surface area (Å²) in [5.74, 6) is -1.55. The highest BCUT2D eigenvalue weighted by Gasteiger charge is 2.23. The zero-order valence-corrected chi connectivity index (χ0v) is 11.8. The van der Waals surface area contributed by atoms with Gasteiger partial charge >= 0.3 is 5.97 Å². The number of hydrogen-bond donors (Lipinski definition) is 3.